The van der Waals surface area contributed by atoms with Gasteiger partial charge in [0.25, 0.3) is 0 Å². The van der Waals surface area contributed by atoms with Gasteiger partial charge in [-0.25, -0.2) is 0 Å². The maximum Gasteiger partial charge on any atom is 0.0589 e. The summed E-state index contributed by atoms with van der Waals surface area (Å²) in [6.45, 7) is 9.30. The Morgan fingerprint density at radius 2 is 2.05 bits per heavy atom. The van der Waals surface area contributed by atoms with Crippen LogP contribution >= 0.6 is 15.9 Å². The minimum absolute atomic E-state index is 0.120. The lowest BCUT2D eigenvalue weighted by atomic mass is 9.95. The zero-order chi connectivity index (χ0) is 15.8. The van der Waals surface area contributed by atoms with E-state index < -0.39 is 0 Å². The fourth-order valence-electron chi connectivity index (χ4n) is 2.66. The van der Waals surface area contributed by atoms with Crippen molar-refractivity contribution in [2.24, 2.45) is 11.7 Å². The van der Waals surface area contributed by atoms with Crippen LogP contribution in [0.2, 0.25) is 0 Å². The predicted octanol–water partition coefficient (Wildman–Crippen LogP) is 3.83. The quantitative estimate of drug-likeness (QED) is 0.730. The Morgan fingerprint density at radius 1 is 1.33 bits per heavy atom. The van der Waals surface area contributed by atoms with Crippen molar-refractivity contribution in [3.63, 3.8) is 0 Å². The smallest absolute Gasteiger partial charge is 0.0589 e. The van der Waals surface area contributed by atoms with Gasteiger partial charge < -0.3 is 10.5 Å². The van der Waals surface area contributed by atoms with Gasteiger partial charge in [0.2, 0.25) is 0 Å². The van der Waals surface area contributed by atoms with E-state index in [4.69, 9.17) is 10.5 Å². The SMILES string of the molecule is CCC(N)C(c1cccc(Br)c1)N(CCOC)CC(C)C. The number of nitrogens with two attached hydrogens (primary N) is 1. The van der Waals surface area contributed by atoms with Gasteiger partial charge >= 0.3 is 0 Å². The van der Waals surface area contributed by atoms with Gasteiger partial charge in [-0.1, -0.05) is 48.8 Å². The summed E-state index contributed by atoms with van der Waals surface area (Å²) >= 11 is 3.57. The molecule has 0 bridgehead atoms. The molecule has 0 heterocycles. The average molecular weight is 357 g/mol. The summed E-state index contributed by atoms with van der Waals surface area (Å²) < 4.78 is 6.39. The van der Waals surface area contributed by atoms with Gasteiger partial charge in [-0.2, -0.15) is 0 Å². The molecule has 0 aromatic heterocycles. The van der Waals surface area contributed by atoms with Crippen molar-refractivity contribution >= 4 is 15.9 Å². The van der Waals surface area contributed by atoms with Crippen LogP contribution in [-0.4, -0.2) is 37.7 Å². The summed E-state index contributed by atoms with van der Waals surface area (Å²) in [6.07, 6.45) is 0.957. The third-order valence-corrected chi connectivity index (χ3v) is 4.14. The number of benzene rings is 1. The molecule has 2 N–H and O–H groups in total. The van der Waals surface area contributed by atoms with E-state index in [0.29, 0.717) is 5.92 Å². The van der Waals surface area contributed by atoms with E-state index in [9.17, 15) is 0 Å². The third-order valence-electron chi connectivity index (χ3n) is 3.64. The van der Waals surface area contributed by atoms with Crippen LogP contribution in [0.5, 0.6) is 0 Å². The van der Waals surface area contributed by atoms with Crippen LogP contribution in [0.4, 0.5) is 0 Å². The highest BCUT2D eigenvalue weighted by molar-refractivity contribution is 9.10. The zero-order valence-corrected chi connectivity index (χ0v) is 15.3. The number of rotatable bonds is 9. The molecule has 120 valence electrons. The molecule has 2 unspecified atom stereocenters. The Morgan fingerprint density at radius 3 is 2.57 bits per heavy atom. The fraction of sp³-hybridized carbons (Fsp3) is 0.647. The topological polar surface area (TPSA) is 38.5 Å². The van der Waals surface area contributed by atoms with Crippen LogP contribution in [0.15, 0.2) is 28.7 Å². The normalized spacial score (nSPS) is 14.7. The summed E-state index contributed by atoms with van der Waals surface area (Å²) in [7, 11) is 1.75. The van der Waals surface area contributed by atoms with E-state index in [1.54, 1.807) is 7.11 Å². The van der Waals surface area contributed by atoms with Gasteiger partial charge in [-0.15, -0.1) is 0 Å². The Hall–Kier alpha value is -0.420. The lowest BCUT2D eigenvalue weighted by molar-refractivity contribution is 0.0975. The molecule has 2 atom stereocenters. The van der Waals surface area contributed by atoms with Crippen molar-refractivity contribution in [2.75, 3.05) is 26.8 Å². The molecule has 21 heavy (non-hydrogen) atoms. The van der Waals surface area contributed by atoms with E-state index in [-0.39, 0.29) is 12.1 Å². The zero-order valence-electron chi connectivity index (χ0n) is 13.7. The molecule has 1 aromatic rings. The summed E-state index contributed by atoms with van der Waals surface area (Å²) in [5.74, 6) is 0.598. The molecule has 1 aromatic carbocycles. The number of nitrogens with zero attached hydrogens (tertiary/aromatic N) is 1. The van der Waals surface area contributed by atoms with Crippen molar-refractivity contribution in [2.45, 2.75) is 39.3 Å². The van der Waals surface area contributed by atoms with E-state index in [1.807, 2.05) is 0 Å². The van der Waals surface area contributed by atoms with Crippen LogP contribution in [0.3, 0.4) is 0 Å². The summed E-state index contributed by atoms with van der Waals surface area (Å²) in [6, 6.07) is 8.84. The van der Waals surface area contributed by atoms with Crippen molar-refractivity contribution in [3.05, 3.63) is 34.3 Å². The number of hydrogen-bond acceptors (Lipinski definition) is 3. The molecule has 1 rings (SSSR count). The Balaban J connectivity index is 3.06. The highest BCUT2D eigenvalue weighted by Gasteiger charge is 2.26. The first-order valence-electron chi connectivity index (χ1n) is 7.73. The van der Waals surface area contributed by atoms with Crippen LogP contribution in [0.1, 0.15) is 38.8 Å². The summed E-state index contributed by atoms with van der Waals surface area (Å²) in [5, 5.41) is 0. The largest absolute Gasteiger partial charge is 0.383 e. The molecule has 0 saturated heterocycles. The maximum atomic E-state index is 6.45. The van der Waals surface area contributed by atoms with Gasteiger partial charge in [0, 0.05) is 30.7 Å². The Labute approximate surface area is 138 Å². The van der Waals surface area contributed by atoms with Crippen LogP contribution in [-0.2, 0) is 4.74 Å². The molecular formula is C17H29BrN2O. The van der Waals surface area contributed by atoms with Crippen molar-refractivity contribution in [3.8, 4) is 0 Å². The van der Waals surface area contributed by atoms with E-state index in [0.717, 1.165) is 30.6 Å². The van der Waals surface area contributed by atoms with Gasteiger partial charge in [-0.3, -0.25) is 4.90 Å². The highest BCUT2D eigenvalue weighted by Crippen LogP contribution is 2.28. The van der Waals surface area contributed by atoms with Crippen LogP contribution < -0.4 is 5.73 Å². The van der Waals surface area contributed by atoms with Gasteiger partial charge in [0.1, 0.15) is 0 Å². The number of halogens is 1. The summed E-state index contributed by atoms with van der Waals surface area (Å²) in [5.41, 5.74) is 7.72. The minimum atomic E-state index is 0.120. The molecule has 0 spiro atoms. The second-order valence-corrected chi connectivity index (χ2v) is 6.87. The molecule has 0 radical (unpaired) electrons. The lowest BCUT2D eigenvalue weighted by Gasteiger charge is -2.36. The predicted molar refractivity (Wildman–Crippen MR) is 93.4 cm³/mol. The standard InChI is InChI=1S/C17H29BrN2O/c1-5-16(19)17(14-7-6-8-15(18)11-14)20(9-10-21-4)12-13(2)3/h6-8,11,13,16-17H,5,9-10,12,19H2,1-4H3. The monoisotopic (exact) mass is 356 g/mol. The number of ether oxygens (including phenoxy) is 1. The molecule has 0 aliphatic carbocycles. The van der Waals surface area contributed by atoms with Gasteiger partial charge in [0.15, 0.2) is 0 Å². The summed E-state index contributed by atoms with van der Waals surface area (Å²) in [4.78, 5) is 2.46. The van der Waals surface area contributed by atoms with Crippen molar-refractivity contribution in [1.82, 2.24) is 4.90 Å². The van der Waals surface area contributed by atoms with Crippen molar-refractivity contribution in [1.29, 1.82) is 0 Å². The number of methoxy groups -OCH3 is 1. The first-order chi connectivity index (χ1) is 9.99. The molecule has 0 aliphatic heterocycles. The van der Waals surface area contributed by atoms with Gasteiger partial charge in [0.05, 0.1) is 12.6 Å². The Kier molecular flexibility index (Phi) is 8.49. The highest BCUT2D eigenvalue weighted by atomic mass is 79.9. The molecular weight excluding hydrogens is 328 g/mol. The molecule has 3 nitrogen and oxygen atoms in total. The minimum Gasteiger partial charge on any atom is -0.383 e. The molecule has 0 aliphatic rings. The second-order valence-electron chi connectivity index (χ2n) is 5.95. The van der Waals surface area contributed by atoms with Crippen molar-refractivity contribution < 1.29 is 4.74 Å². The second kappa shape index (κ2) is 9.57. The van der Waals surface area contributed by atoms with E-state index in [1.165, 1.54) is 5.56 Å². The fourth-order valence-corrected chi connectivity index (χ4v) is 3.08. The molecule has 0 saturated carbocycles. The van der Waals surface area contributed by atoms with Crippen LogP contribution in [0, 0.1) is 5.92 Å². The van der Waals surface area contributed by atoms with Crippen LogP contribution in [0.25, 0.3) is 0 Å². The third kappa shape index (κ3) is 6.07. The molecule has 0 amide bonds. The first-order valence-corrected chi connectivity index (χ1v) is 8.52. The van der Waals surface area contributed by atoms with E-state index >= 15 is 0 Å². The first kappa shape index (κ1) is 18.6. The number of hydrogen-bond donors (Lipinski definition) is 1. The maximum absolute atomic E-state index is 6.45. The van der Waals surface area contributed by atoms with Gasteiger partial charge in [-0.05, 0) is 30.0 Å². The molecule has 0 fully saturated rings. The molecule has 4 heteroatoms. The average Bonchev–Trinajstić information content (AvgIpc) is 2.44. The lowest BCUT2D eigenvalue weighted by Crippen LogP contribution is -2.43. The Bertz CT molecular complexity index is 412. The van der Waals surface area contributed by atoms with E-state index in [2.05, 4.69) is 65.9 Å².